The number of fused-ring (bicyclic) bond motifs is 1. The fraction of sp³-hybridized carbons (Fsp3) is 0.792. The Bertz CT molecular complexity index is 823. The number of nitrogens with one attached hydrogen (secondary N) is 1. The Morgan fingerprint density at radius 2 is 1.63 bits per heavy atom. The number of nitrogens with zero attached hydrogens (tertiary/aromatic N) is 3. The molecule has 3 fully saturated rings. The van der Waals surface area contributed by atoms with Crippen LogP contribution in [-0.4, -0.2) is 44.8 Å². The lowest BCUT2D eigenvalue weighted by molar-refractivity contribution is -0.139. The number of H-pyrrole nitrogens is 1. The third-order valence-electron chi connectivity index (χ3n) is 8.02. The molecule has 1 amide bonds. The number of rotatable bonds is 3. The largest absolute Gasteiger partial charge is 0.332 e. The van der Waals surface area contributed by atoms with E-state index in [9.17, 15) is 9.59 Å². The number of aromatic amines is 1. The normalized spacial score (nSPS) is 26.7. The SMILES string of the molecule is O=C(C1CCCC1)N1CCCC[C@@H]1c1nc2c(c(=O)[nH]1)CCN(C1CCCCC1)C2. The molecule has 1 N–H and O–H groups in total. The quantitative estimate of drug-likeness (QED) is 0.822. The summed E-state index contributed by atoms with van der Waals surface area (Å²) in [5, 5.41) is 0. The molecule has 1 aromatic heterocycles. The van der Waals surface area contributed by atoms with Gasteiger partial charge in [0, 0.05) is 37.2 Å². The molecule has 1 aromatic rings. The van der Waals surface area contributed by atoms with Gasteiger partial charge in [-0.3, -0.25) is 14.5 Å². The number of piperidine rings is 1. The summed E-state index contributed by atoms with van der Waals surface area (Å²) in [5.41, 5.74) is 1.86. The van der Waals surface area contributed by atoms with Gasteiger partial charge in [-0.25, -0.2) is 4.98 Å². The summed E-state index contributed by atoms with van der Waals surface area (Å²) < 4.78 is 0. The Labute approximate surface area is 179 Å². The first kappa shape index (κ1) is 20.2. The highest BCUT2D eigenvalue weighted by atomic mass is 16.2. The van der Waals surface area contributed by atoms with Crippen LogP contribution in [0.4, 0.5) is 0 Å². The van der Waals surface area contributed by atoms with E-state index in [-0.39, 0.29) is 17.5 Å². The van der Waals surface area contributed by atoms with E-state index in [4.69, 9.17) is 4.98 Å². The Balaban J connectivity index is 1.39. The standard InChI is InChI=1S/C24H36N4O2/c29-23-19-13-15-27(18-10-2-1-3-11-18)16-20(19)25-22(26-23)21-12-6-7-14-28(21)24(30)17-8-4-5-9-17/h17-18,21H,1-16H2,(H,25,26,29)/t21-/m1/s1. The summed E-state index contributed by atoms with van der Waals surface area (Å²) in [6.45, 7) is 2.56. The summed E-state index contributed by atoms with van der Waals surface area (Å²) in [4.78, 5) is 38.8. The van der Waals surface area contributed by atoms with Crippen LogP contribution in [0.5, 0.6) is 0 Å². The molecular weight excluding hydrogens is 376 g/mol. The van der Waals surface area contributed by atoms with Crippen molar-refractivity contribution in [3.63, 3.8) is 0 Å². The fourth-order valence-corrected chi connectivity index (χ4v) is 6.28. The first-order valence-electron chi connectivity index (χ1n) is 12.4. The topological polar surface area (TPSA) is 69.3 Å². The van der Waals surface area contributed by atoms with Gasteiger partial charge in [0.2, 0.25) is 5.91 Å². The van der Waals surface area contributed by atoms with Crippen molar-refractivity contribution in [2.45, 2.75) is 102 Å². The molecule has 6 heteroatoms. The second-order valence-corrected chi connectivity index (χ2v) is 9.91. The van der Waals surface area contributed by atoms with E-state index < -0.39 is 0 Å². The number of hydrogen-bond acceptors (Lipinski definition) is 4. The van der Waals surface area contributed by atoms with E-state index in [1.807, 2.05) is 4.90 Å². The number of carbonyl (C=O) groups is 1. The molecule has 2 aliphatic heterocycles. The molecule has 1 saturated heterocycles. The maximum Gasteiger partial charge on any atom is 0.254 e. The lowest BCUT2D eigenvalue weighted by atomic mass is 9.92. The van der Waals surface area contributed by atoms with Gasteiger partial charge in [0.05, 0.1) is 11.7 Å². The highest BCUT2D eigenvalue weighted by Crippen LogP contribution is 2.35. The van der Waals surface area contributed by atoms with E-state index in [2.05, 4.69) is 9.88 Å². The average Bonchev–Trinajstić information content (AvgIpc) is 3.34. The van der Waals surface area contributed by atoms with Crippen molar-refractivity contribution in [1.82, 2.24) is 19.8 Å². The van der Waals surface area contributed by atoms with Crippen LogP contribution in [0.25, 0.3) is 0 Å². The van der Waals surface area contributed by atoms with Crippen LogP contribution < -0.4 is 5.56 Å². The third kappa shape index (κ3) is 3.95. The summed E-state index contributed by atoms with van der Waals surface area (Å²) in [5.74, 6) is 1.20. The zero-order valence-electron chi connectivity index (χ0n) is 18.2. The molecule has 0 radical (unpaired) electrons. The molecule has 0 aromatic carbocycles. The number of amides is 1. The van der Waals surface area contributed by atoms with Crippen molar-refractivity contribution in [3.8, 4) is 0 Å². The van der Waals surface area contributed by atoms with Gasteiger partial charge in [0.1, 0.15) is 5.82 Å². The van der Waals surface area contributed by atoms with Gasteiger partial charge in [0.15, 0.2) is 0 Å². The van der Waals surface area contributed by atoms with E-state index >= 15 is 0 Å². The number of hydrogen-bond donors (Lipinski definition) is 1. The predicted octanol–water partition coefficient (Wildman–Crippen LogP) is 3.70. The average molecular weight is 413 g/mol. The summed E-state index contributed by atoms with van der Waals surface area (Å²) in [6.07, 6.45) is 14.8. The van der Waals surface area contributed by atoms with Crippen LogP contribution in [0.15, 0.2) is 4.79 Å². The molecule has 164 valence electrons. The predicted molar refractivity (Wildman–Crippen MR) is 116 cm³/mol. The smallest absolute Gasteiger partial charge is 0.254 e. The lowest BCUT2D eigenvalue weighted by Gasteiger charge is -2.38. The van der Waals surface area contributed by atoms with Gasteiger partial charge in [-0.15, -0.1) is 0 Å². The van der Waals surface area contributed by atoms with Crippen LogP contribution in [0.3, 0.4) is 0 Å². The van der Waals surface area contributed by atoms with Gasteiger partial charge in [0.25, 0.3) is 5.56 Å². The summed E-state index contributed by atoms with van der Waals surface area (Å²) in [6, 6.07) is 0.585. The molecule has 0 unspecified atom stereocenters. The first-order chi connectivity index (χ1) is 14.7. The minimum absolute atomic E-state index is 0.0251. The Kier molecular flexibility index (Phi) is 5.94. The zero-order valence-corrected chi connectivity index (χ0v) is 18.2. The summed E-state index contributed by atoms with van der Waals surface area (Å²) >= 11 is 0. The molecule has 6 nitrogen and oxygen atoms in total. The molecule has 2 saturated carbocycles. The molecule has 5 rings (SSSR count). The van der Waals surface area contributed by atoms with Gasteiger partial charge in [-0.05, 0) is 51.4 Å². The molecule has 3 heterocycles. The monoisotopic (exact) mass is 412 g/mol. The van der Waals surface area contributed by atoms with Crippen molar-refractivity contribution in [1.29, 1.82) is 0 Å². The Hall–Kier alpha value is -1.69. The van der Waals surface area contributed by atoms with Crippen LogP contribution in [0, 0.1) is 5.92 Å². The van der Waals surface area contributed by atoms with Crippen molar-refractivity contribution < 1.29 is 4.79 Å². The van der Waals surface area contributed by atoms with Gasteiger partial charge in [-0.1, -0.05) is 32.1 Å². The fourth-order valence-electron chi connectivity index (χ4n) is 6.28. The highest BCUT2D eigenvalue weighted by Gasteiger charge is 2.36. The first-order valence-corrected chi connectivity index (χ1v) is 12.4. The number of likely N-dealkylation sites (tertiary alicyclic amines) is 1. The second kappa shape index (κ2) is 8.81. The number of aromatic nitrogens is 2. The minimum atomic E-state index is -0.0603. The lowest BCUT2D eigenvalue weighted by Crippen LogP contribution is -2.45. The molecule has 0 spiro atoms. The van der Waals surface area contributed by atoms with Crippen LogP contribution in [-0.2, 0) is 17.8 Å². The van der Waals surface area contributed by atoms with E-state index in [1.54, 1.807) is 0 Å². The van der Waals surface area contributed by atoms with Crippen LogP contribution in [0.2, 0.25) is 0 Å². The second-order valence-electron chi connectivity index (χ2n) is 9.91. The zero-order chi connectivity index (χ0) is 20.5. The van der Waals surface area contributed by atoms with Gasteiger partial charge >= 0.3 is 0 Å². The van der Waals surface area contributed by atoms with Crippen molar-refractivity contribution in [2.24, 2.45) is 5.92 Å². The molecule has 1 atom stereocenters. The summed E-state index contributed by atoms with van der Waals surface area (Å²) in [7, 11) is 0. The van der Waals surface area contributed by atoms with Gasteiger partial charge < -0.3 is 9.88 Å². The number of carbonyl (C=O) groups excluding carboxylic acids is 1. The minimum Gasteiger partial charge on any atom is -0.332 e. The van der Waals surface area contributed by atoms with E-state index in [0.29, 0.717) is 11.9 Å². The molecule has 4 aliphatic rings. The van der Waals surface area contributed by atoms with Gasteiger partial charge in [-0.2, -0.15) is 0 Å². The van der Waals surface area contributed by atoms with Crippen molar-refractivity contribution >= 4 is 5.91 Å². The van der Waals surface area contributed by atoms with Crippen molar-refractivity contribution in [2.75, 3.05) is 13.1 Å². The van der Waals surface area contributed by atoms with Crippen LogP contribution in [0.1, 0.15) is 100 Å². The Morgan fingerprint density at radius 3 is 2.43 bits per heavy atom. The molecule has 2 aliphatic carbocycles. The Morgan fingerprint density at radius 1 is 0.900 bits per heavy atom. The highest BCUT2D eigenvalue weighted by molar-refractivity contribution is 5.79. The van der Waals surface area contributed by atoms with Crippen LogP contribution >= 0.6 is 0 Å². The van der Waals surface area contributed by atoms with E-state index in [1.165, 1.54) is 44.9 Å². The molecule has 30 heavy (non-hydrogen) atoms. The van der Waals surface area contributed by atoms with Crippen molar-refractivity contribution in [3.05, 3.63) is 27.4 Å². The van der Waals surface area contributed by atoms with E-state index in [0.717, 1.165) is 75.2 Å². The maximum atomic E-state index is 13.2. The maximum absolute atomic E-state index is 13.2. The molecule has 0 bridgehead atoms. The molecular formula is C24H36N4O2. The third-order valence-corrected chi connectivity index (χ3v) is 8.02.